The number of aliphatic carboxylic acids is 1. The van der Waals surface area contributed by atoms with Crippen LogP contribution in [0.25, 0.3) is 0 Å². The molecule has 0 aliphatic carbocycles. The number of likely N-dealkylation sites (tertiary alicyclic amines) is 1. The molecule has 190 valence electrons. The number of carbonyl (C=O) groups excluding carboxylic acids is 2. The SMILES string of the molecule is C=CCN(C(=O)C1N([C@@H](CO)CC(C)C)C(=O)[C@@H]2[C@H](C(=O)O)[C@@H]3CCC12O3)c1cc(C)ccc1C. The standard InChI is InChI=1S/C27H36N2O6/c1-6-11-28(19-13-16(4)7-8-17(19)5)25(32)23-27-10-9-20(35-27)21(26(33)34)22(27)24(31)29(23)18(14-30)12-15(2)3/h6-8,13,15,18,20-23,30H,1,9-12,14H2,2-5H3,(H,33,34)/t18-,20+,21-,22+,23?,27?/m1/s1. The normalized spacial score (nSPS) is 30.0. The zero-order valence-corrected chi connectivity index (χ0v) is 20.9. The molecular weight excluding hydrogens is 448 g/mol. The molecule has 3 aliphatic rings. The molecule has 2 amide bonds. The van der Waals surface area contributed by atoms with E-state index in [0.717, 1.165) is 11.1 Å². The largest absolute Gasteiger partial charge is 0.481 e. The number of carboxylic acid groups (broad SMARTS) is 1. The summed E-state index contributed by atoms with van der Waals surface area (Å²) in [6.07, 6.45) is 2.45. The number of hydrogen-bond donors (Lipinski definition) is 2. The van der Waals surface area contributed by atoms with Gasteiger partial charge in [0.2, 0.25) is 5.91 Å². The molecule has 1 aromatic carbocycles. The summed E-state index contributed by atoms with van der Waals surface area (Å²) >= 11 is 0. The maximum absolute atomic E-state index is 14.4. The van der Waals surface area contributed by atoms with Gasteiger partial charge in [-0.15, -0.1) is 6.58 Å². The molecule has 3 fully saturated rings. The third-order valence-corrected chi connectivity index (χ3v) is 7.84. The number of carboxylic acids is 1. The Labute approximate surface area is 206 Å². The second kappa shape index (κ2) is 9.39. The first kappa shape index (κ1) is 25.4. The summed E-state index contributed by atoms with van der Waals surface area (Å²) in [5.74, 6) is -3.60. The van der Waals surface area contributed by atoms with E-state index in [1.54, 1.807) is 11.0 Å². The second-order valence-corrected chi connectivity index (χ2v) is 10.6. The molecule has 2 N–H and O–H groups in total. The van der Waals surface area contributed by atoms with Crippen LogP contribution >= 0.6 is 0 Å². The minimum absolute atomic E-state index is 0.157. The van der Waals surface area contributed by atoms with E-state index in [-0.39, 0.29) is 25.0 Å². The zero-order valence-electron chi connectivity index (χ0n) is 20.9. The summed E-state index contributed by atoms with van der Waals surface area (Å²) in [4.78, 5) is 43.6. The Kier molecular flexibility index (Phi) is 6.81. The molecule has 0 aromatic heterocycles. The first-order valence-corrected chi connectivity index (χ1v) is 12.4. The van der Waals surface area contributed by atoms with Gasteiger partial charge in [0.1, 0.15) is 11.6 Å². The average molecular weight is 485 g/mol. The number of rotatable bonds is 9. The Hall–Kier alpha value is -2.71. The minimum atomic E-state index is -1.22. The van der Waals surface area contributed by atoms with Crippen LogP contribution in [0.2, 0.25) is 0 Å². The predicted molar refractivity (Wildman–Crippen MR) is 131 cm³/mol. The number of aryl methyl sites for hydroxylation is 2. The van der Waals surface area contributed by atoms with E-state index in [9.17, 15) is 24.6 Å². The Morgan fingerprint density at radius 2 is 2.06 bits per heavy atom. The lowest BCUT2D eigenvalue weighted by molar-refractivity contribution is -0.151. The van der Waals surface area contributed by atoms with Gasteiger partial charge >= 0.3 is 5.97 Å². The molecule has 8 heteroatoms. The van der Waals surface area contributed by atoms with Gasteiger partial charge in [-0.1, -0.05) is 32.1 Å². The molecule has 3 heterocycles. The average Bonchev–Trinajstić information content (AvgIpc) is 3.44. The summed E-state index contributed by atoms with van der Waals surface area (Å²) in [5, 5.41) is 20.3. The van der Waals surface area contributed by atoms with Crippen LogP contribution in [-0.4, -0.2) is 69.8 Å². The van der Waals surface area contributed by atoms with Crippen LogP contribution < -0.4 is 4.90 Å². The third-order valence-electron chi connectivity index (χ3n) is 7.84. The molecule has 6 atom stereocenters. The second-order valence-electron chi connectivity index (χ2n) is 10.6. The van der Waals surface area contributed by atoms with E-state index in [4.69, 9.17) is 4.74 Å². The van der Waals surface area contributed by atoms with E-state index in [1.165, 1.54) is 4.90 Å². The number of fused-ring (bicyclic) bond motifs is 1. The Morgan fingerprint density at radius 3 is 2.66 bits per heavy atom. The van der Waals surface area contributed by atoms with Crippen LogP contribution in [0, 0.1) is 31.6 Å². The highest BCUT2D eigenvalue weighted by atomic mass is 16.5. The van der Waals surface area contributed by atoms with Gasteiger partial charge in [-0.05, 0) is 56.2 Å². The van der Waals surface area contributed by atoms with Crippen molar-refractivity contribution in [1.29, 1.82) is 0 Å². The van der Waals surface area contributed by atoms with Crippen LogP contribution in [0.1, 0.15) is 44.2 Å². The molecule has 2 unspecified atom stereocenters. The van der Waals surface area contributed by atoms with Crippen molar-refractivity contribution in [3.63, 3.8) is 0 Å². The highest BCUT2D eigenvalue weighted by Crippen LogP contribution is 2.59. The van der Waals surface area contributed by atoms with Gasteiger partial charge in [0.05, 0.1) is 30.6 Å². The van der Waals surface area contributed by atoms with Gasteiger partial charge in [0.15, 0.2) is 0 Å². The van der Waals surface area contributed by atoms with Crippen LogP contribution in [0.4, 0.5) is 5.69 Å². The number of carbonyl (C=O) groups is 3. The van der Waals surface area contributed by atoms with Crippen LogP contribution in [0.3, 0.4) is 0 Å². The van der Waals surface area contributed by atoms with Gasteiger partial charge in [-0.3, -0.25) is 14.4 Å². The number of nitrogens with zero attached hydrogens (tertiary/aromatic N) is 2. The van der Waals surface area contributed by atoms with Gasteiger partial charge in [-0.25, -0.2) is 0 Å². The van der Waals surface area contributed by atoms with Crippen LogP contribution in [0.5, 0.6) is 0 Å². The Morgan fingerprint density at radius 1 is 1.34 bits per heavy atom. The molecule has 0 radical (unpaired) electrons. The Bertz CT molecular complexity index is 1040. The molecule has 0 saturated carbocycles. The number of hydrogen-bond acceptors (Lipinski definition) is 5. The van der Waals surface area contributed by atoms with Gasteiger partial charge in [-0.2, -0.15) is 0 Å². The van der Waals surface area contributed by atoms with Crippen molar-refractivity contribution in [2.24, 2.45) is 17.8 Å². The molecule has 2 bridgehead atoms. The quantitative estimate of drug-likeness (QED) is 0.522. The number of anilines is 1. The van der Waals surface area contributed by atoms with E-state index < -0.39 is 47.5 Å². The fourth-order valence-corrected chi connectivity index (χ4v) is 6.46. The highest BCUT2D eigenvalue weighted by molar-refractivity contribution is 6.05. The summed E-state index contributed by atoms with van der Waals surface area (Å²) in [6, 6.07) is 4.21. The van der Waals surface area contributed by atoms with E-state index in [0.29, 0.717) is 24.9 Å². The van der Waals surface area contributed by atoms with Gasteiger partial charge in [0, 0.05) is 12.2 Å². The van der Waals surface area contributed by atoms with Crippen molar-refractivity contribution in [3.05, 3.63) is 42.0 Å². The molecule has 4 rings (SSSR count). The topological polar surface area (TPSA) is 107 Å². The van der Waals surface area contributed by atoms with Crippen LogP contribution in [0.15, 0.2) is 30.9 Å². The van der Waals surface area contributed by atoms with Crippen molar-refractivity contribution in [2.45, 2.75) is 70.7 Å². The molecular formula is C27H36N2O6. The summed E-state index contributed by atoms with van der Waals surface area (Å²) in [6.45, 7) is 11.6. The molecule has 35 heavy (non-hydrogen) atoms. The smallest absolute Gasteiger partial charge is 0.310 e. The van der Waals surface area contributed by atoms with Crippen LogP contribution in [-0.2, 0) is 19.1 Å². The first-order valence-electron chi connectivity index (χ1n) is 12.4. The number of ether oxygens (including phenoxy) is 1. The molecule has 3 saturated heterocycles. The molecule has 3 aliphatic heterocycles. The maximum Gasteiger partial charge on any atom is 0.310 e. The number of aliphatic hydroxyl groups excluding tert-OH is 1. The summed E-state index contributed by atoms with van der Waals surface area (Å²) in [7, 11) is 0. The Balaban J connectivity index is 1.85. The van der Waals surface area contributed by atoms with Crippen molar-refractivity contribution >= 4 is 23.5 Å². The zero-order chi connectivity index (χ0) is 25.7. The van der Waals surface area contributed by atoms with E-state index in [2.05, 4.69) is 6.58 Å². The third kappa shape index (κ3) is 3.96. The highest BCUT2D eigenvalue weighted by Gasteiger charge is 2.75. The lowest BCUT2D eigenvalue weighted by atomic mass is 9.70. The number of benzene rings is 1. The number of amides is 2. The molecule has 1 aromatic rings. The minimum Gasteiger partial charge on any atom is -0.481 e. The van der Waals surface area contributed by atoms with Crippen molar-refractivity contribution < 1.29 is 29.3 Å². The maximum atomic E-state index is 14.4. The molecule has 8 nitrogen and oxygen atoms in total. The van der Waals surface area contributed by atoms with E-state index in [1.807, 2.05) is 45.9 Å². The van der Waals surface area contributed by atoms with Crippen molar-refractivity contribution in [3.8, 4) is 0 Å². The summed E-state index contributed by atoms with van der Waals surface area (Å²) < 4.78 is 6.31. The lowest BCUT2D eigenvalue weighted by Gasteiger charge is -2.40. The predicted octanol–water partition coefficient (Wildman–Crippen LogP) is 2.69. The van der Waals surface area contributed by atoms with Crippen molar-refractivity contribution in [1.82, 2.24) is 4.90 Å². The van der Waals surface area contributed by atoms with Gasteiger partial charge in [0.25, 0.3) is 5.91 Å². The van der Waals surface area contributed by atoms with E-state index >= 15 is 0 Å². The summed E-state index contributed by atoms with van der Waals surface area (Å²) in [5.41, 5.74) is 1.38. The fourth-order valence-electron chi connectivity index (χ4n) is 6.46. The first-order chi connectivity index (χ1) is 16.6. The van der Waals surface area contributed by atoms with Crippen molar-refractivity contribution in [2.75, 3.05) is 18.1 Å². The number of aliphatic hydroxyl groups is 1. The lowest BCUT2D eigenvalue weighted by Crippen LogP contribution is -2.59. The monoisotopic (exact) mass is 484 g/mol. The van der Waals surface area contributed by atoms with Gasteiger partial charge < -0.3 is 24.7 Å². The molecule has 1 spiro atoms. The fraction of sp³-hybridized carbons (Fsp3) is 0.593.